The molecule has 2 aliphatic rings. The summed E-state index contributed by atoms with van der Waals surface area (Å²) in [6, 6.07) is 5.34. The van der Waals surface area contributed by atoms with Crippen molar-refractivity contribution in [1.82, 2.24) is 5.32 Å². The first-order valence-electron chi connectivity index (χ1n) is 6.11. The third-order valence-corrected chi connectivity index (χ3v) is 4.57. The lowest BCUT2D eigenvalue weighted by Crippen LogP contribution is -2.32. The van der Waals surface area contributed by atoms with E-state index in [-0.39, 0.29) is 0 Å². The number of thiophene rings is 1. The first-order chi connectivity index (χ1) is 7.33. The van der Waals surface area contributed by atoms with Crippen LogP contribution in [0.1, 0.15) is 35.4 Å². The second kappa shape index (κ2) is 3.91. The van der Waals surface area contributed by atoms with Gasteiger partial charge in [0.1, 0.15) is 0 Å². The molecule has 1 aromatic heterocycles. The van der Waals surface area contributed by atoms with Crippen LogP contribution in [-0.2, 0) is 6.54 Å². The van der Waals surface area contributed by atoms with Crippen LogP contribution < -0.4 is 5.32 Å². The van der Waals surface area contributed by atoms with E-state index in [1.54, 1.807) is 0 Å². The van der Waals surface area contributed by atoms with Gasteiger partial charge in [0, 0.05) is 22.3 Å². The summed E-state index contributed by atoms with van der Waals surface area (Å²) in [7, 11) is 0. The molecule has 0 saturated heterocycles. The van der Waals surface area contributed by atoms with Gasteiger partial charge in [0.2, 0.25) is 0 Å². The minimum Gasteiger partial charge on any atom is -0.309 e. The average Bonchev–Trinajstić information content (AvgIpc) is 3.09. The number of nitrogens with one attached hydrogen (secondary N) is 1. The summed E-state index contributed by atoms with van der Waals surface area (Å²) < 4.78 is 0. The second-order valence-corrected chi connectivity index (χ2v) is 6.47. The summed E-state index contributed by atoms with van der Waals surface area (Å²) in [6.07, 6.45) is 5.88. The highest BCUT2D eigenvalue weighted by atomic mass is 32.1. The number of aryl methyl sites for hydroxylation is 1. The van der Waals surface area contributed by atoms with Crippen LogP contribution in [0.25, 0.3) is 0 Å². The van der Waals surface area contributed by atoms with Gasteiger partial charge in [-0.05, 0) is 56.6 Å². The maximum Gasteiger partial charge on any atom is 0.0302 e. The predicted molar refractivity (Wildman–Crippen MR) is 65.1 cm³/mol. The highest BCUT2D eigenvalue weighted by Gasteiger charge is 2.40. The second-order valence-electron chi connectivity index (χ2n) is 5.09. The lowest BCUT2D eigenvalue weighted by Gasteiger charge is -2.16. The van der Waals surface area contributed by atoms with Gasteiger partial charge in [-0.3, -0.25) is 0 Å². The molecule has 0 radical (unpaired) electrons. The van der Waals surface area contributed by atoms with E-state index in [1.165, 1.54) is 35.4 Å². The molecule has 2 heteroatoms. The molecule has 1 nitrogen and oxygen atoms in total. The molecule has 2 aliphatic carbocycles. The quantitative estimate of drug-likeness (QED) is 0.804. The summed E-state index contributed by atoms with van der Waals surface area (Å²) in [4.78, 5) is 2.93. The van der Waals surface area contributed by atoms with Gasteiger partial charge >= 0.3 is 0 Å². The van der Waals surface area contributed by atoms with Crippen LogP contribution in [-0.4, -0.2) is 6.04 Å². The first kappa shape index (κ1) is 9.86. The van der Waals surface area contributed by atoms with Crippen molar-refractivity contribution in [3.8, 4) is 0 Å². The zero-order chi connectivity index (χ0) is 10.3. The van der Waals surface area contributed by atoms with Gasteiger partial charge in [-0.2, -0.15) is 0 Å². The van der Waals surface area contributed by atoms with E-state index in [4.69, 9.17) is 0 Å². The molecular weight excluding hydrogens is 202 g/mol. The van der Waals surface area contributed by atoms with Gasteiger partial charge in [0.15, 0.2) is 0 Å². The summed E-state index contributed by atoms with van der Waals surface area (Å²) in [6.45, 7) is 3.28. The van der Waals surface area contributed by atoms with Gasteiger partial charge < -0.3 is 5.32 Å². The molecule has 0 aromatic carbocycles. The normalized spacial score (nSPS) is 21.2. The monoisotopic (exact) mass is 221 g/mol. The van der Waals surface area contributed by atoms with Crippen molar-refractivity contribution in [3.05, 3.63) is 21.9 Å². The van der Waals surface area contributed by atoms with Crippen LogP contribution in [0.2, 0.25) is 0 Å². The van der Waals surface area contributed by atoms with E-state index in [0.29, 0.717) is 0 Å². The maximum atomic E-state index is 3.78. The Balaban J connectivity index is 1.55. The van der Waals surface area contributed by atoms with E-state index in [2.05, 4.69) is 24.4 Å². The zero-order valence-corrected chi connectivity index (χ0v) is 10.1. The predicted octanol–water partition coefficient (Wildman–Crippen LogP) is 3.33. The average molecular weight is 221 g/mol. The Morgan fingerprint density at radius 2 is 1.93 bits per heavy atom. The van der Waals surface area contributed by atoms with Gasteiger partial charge in [-0.15, -0.1) is 11.3 Å². The van der Waals surface area contributed by atoms with Gasteiger partial charge in [-0.1, -0.05) is 0 Å². The van der Waals surface area contributed by atoms with E-state index < -0.39 is 0 Å². The number of hydrogen-bond acceptors (Lipinski definition) is 2. The zero-order valence-electron chi connectivity index (χ0n) is 9.33. The number of hydrogen-bond donors (Lipinski definition) is 1. The van der Waals surface area contributed by atoms with Gasteiger partial charge in [0.05, 0.1) is 0 Å². The Kier molecular flexibility index (Phi) is 2.57. The van der Waals surface area contributed by atoms with Crippen molar-refractivity contribution >= 4 is 11.3 Å². The van der Waals surface area contributed by atoms with Crippen molar-refractivity contribution in [1.29, 1.82) is 0 Å². The van der Waals surface area contributed by atoms with Crippen LogP contribution in [0, 0.1) is 18.8 Å². The van der Waals surface area contributed by atoms with Crippen LogP contribution in [0.4, 0.5) is 0 Å². The molecule has 1 N–H and O–H groups in total. The molecule has 0 aliphatic heterocycles. The Morgan fingerprint density at radius 3 is 2.40 bits per heavy atom. The standard InChI is InChI=1S/C13H19NS/c1-9-2-7-12(15-9)8-14-13(10-3-4-10)11-5-6-11/h2,7,10-11,13-14H,3-6,8H2,1H3. The Morgan fingerprint density at radius 1 is 1.27 bits per heavy atom. The Bertz CT molecular complexity index is 324. The summed E-state index contributed by atoms with van der Waals surface area (Å²) in [5, 5.41) is 3.78. The number of rotatable bonds is 5. The van der Waals surface area contributed by atoms with E-state index in [0.717, 1.165) is 24.4 Å². The van der Waals surface area contributed by atoms with Gasteiger partial charge in [-0.25, -0.2) is 0 Å². The van der Waals surface area contributed by atoms with Crippen LogP contribution in [0.15, 0.2) is 12.1 Å². The third-order valence-electron chi connectivity index (χ3n) is 3.57. The largest absolute Gasteiger partial charge is 0.309 e. The SMILES string of the molecule is Cc1ccc(CNC(C2CC2)C2CC2)s1. The van der Waals surface area contributed by atoms with Crippen molar-refractivity contribution in [3.63, 3.8) is 0 Å². The van der Waals surface area contributed by atoms with Crippen molar-refractivity contribution in [2.75, 3.05) is 0 Å². The molecule has 2 fully saturated rings. The van der Waals surface area contributed by atoms with Crippen LogP contribution in [0.3, 0.4) is 0 Å². The van der Waals surface area contributed by atoms with Crippen molar-refractivity contribution in [2.24, 2.45) is 11.8 Å². The molecule has 15 heavy (non-hydrogen) atoms. The highest BCUT2D eigenvalue weighted by Crippen LogP contribution is 2.44. The third kappa shape index (κ3) is 2.43. The minimum absolute atomic E-state index is 0.840. The summed E-state index contributed by atoms with van der Waals surface area (Å²) in [5.41, 5.74) is 0. The maximum absolute atomic E-state index is 3.78. The fourth-order valence-corrected chi connectivity index (χ4v) is 3.27. The molecule has 3 rings (SSSR count). The first-order valence-corrected chi connectivity index (χ1v) is 6.93. The molecule has 2 saturated carbocycles. The molecule has 0 spiro atoms. The molecule has 1 aromatic rings. The molecule has 0 bridgehead atoms. The Hall–Kier alpha value is -0.340. The van der Waals surface area contributed by atoms with E-state index >= 15 is 0 Å². The minimum atomic E-state index is 0.840. The molecular formula is C13H19NS. The van der Waals surface area contributed by atoms with E-state index in [9.17, 15) is 0 Å². The topological polar surface area (TPSA) is 12.0 Å². The molecule has 0 atom stereocenters. The smallest absolute Gasteiger partial charge is 0.0302 e. The molecule has 0 amide bonds. The molecule has 82 valence electrons. The lowest BCUT2D eigenvalue weighted by molar-refractivity contribution is 0.417. The fraction of sp³-hybridized carbons (Fsp3) is 0.692. The molecule has 1 heterocycles. The molecule has 0 unspecified atom stereocenters. The van der Waals surface area contributed by atoms with Crippen molar-refractivity contribution in [2.45, 2.75) is 45.2 Å². The highest BCUT2D eigenvalue weighted by molar-refractivity contribution is 7.11. The van der Waals surface area contributed by atoms with Crippen molar-refractivity contribution < 1.29 is 0 Å². The summed E-state index contributed by atoms with van der Waals surface area (Å²) >= 11 is 1.93. The lowest BCUT2D eigenvalue weighted by atomic mass is 10.1. The van der Waals surface area contributed by atoms with Crippen LogP contribution in [0.5, 0.6) is 0 Å². The Labute approximate surface area is 95.9 Å². The van der Waals surface area contributed by atoms with E-state index in [1.807, 2.05) is 11.3 Å². The summed E-state index contributed by atoms with van der Waals surface area (Å²) in [5.74, 6) is 2.03. The van der Waals surface area contributed by atoms with Crippen LogP contribution >= 0.6 is 11.3 Å². The fourth-order valence-electron chi connectivity index (χ4n) is 2.43. The van der Waals surface area contributed by atoms with Gasteiger partial charge in [0.25, 0.3) is 0 Å².